The summed E-state index contributed by atoms with van der Waals surface area (Å²) in [5.41, 5.74) is 0.469. The van der Waals surface area contributed by atoms with Crippen LogP contribution < -0.4 is 5.32 Å². The standard InChI is InChI=1S/C16H22BrFN2O/c1-11-7-12(2)10-20(9-11)6-5-19-16(21)14-4-3-13(18)8-15(14)17/h3-4,8,11-12H,5-7,9-10H2,1-2H3,(H,19,21)/t11-,12-/m0/s1. The second kappa shape index (κ2) is 7.36. The Hall–Kier alpha value is -0.940. The Balaban J connectivity index is 1.81. The molecule has 1 heterocycles. The second-order valence-corrected chi connectivity index (χ2v) is 6.94. The molecule has 3 nitrogen and oxygen atoms in total. The largest absolute Gasteiger partial charge is 0.351 e. The van der Waals surface area contributed by atoms with Gasteiger partial charge in [0.1, 0.15) is 5.82 Å². The predicted molar refractivity (Wildman–Crippen MR) is 85.8 cm³/mol. The van der Waals surface area contributed by atoms with E-state index in [2.05, 4.69) is 40.0 Å². The maximum Gasteiger partial charge on any atom is 0.252 e. The number of halogens is 2. The lowest BCUT2D eigenvalue weighted by molar-refractivity contribution is 0.0936. The van der Waals surface area contributed by atoms with Crippen molar-refractivity contribution in [1.29, 1.82) is 0 Å². The molecule has 0 spiro atoms. The van der Waals surface area contributed by atoms with Gasteiger partial charge in [-0.25, -0.2) is 4.39 Å². The van der Waals surface area contributed by atoms with Gasteiger partial charge in [-0.05, 0) is 52.4 Å². The number of amides is 1. The number of nitrogens with zero attached hydrogens (tertiary/aromatic N) is 1. The summed E-state index contributed by atoms with van der Waals surface area (Å²) in [6.45, 7) is 8.22. The molecule has 0 unspecified atom stereocenters. The van der Waals surface area contributed by atoms with Gasteiger partial charge in [0.25, 0.3) is 5.91 Å². The fourth-order valence-electron chi connectivity index (χ4n) is 3.07. The first-order chi connectivity index (χ1) is 9.95. The molecule has 0 aliphatic carbocycles. The number of benzene rings is 1. The molecule has 1 aliphatic rings. The zero-order chi connectivity index (χ0) is 15.4. The highest BCUT2D eigenvalue weighted by molar-refractivity contribution is 9.10. The third-order valence-corrected chi connectivity index (χ3v) is 4.49. The molecule has 1 fully saturated rings. The maximum absolute atomic E-state index is 13.0. The highest BCUT2D eigenvalue weighted by Gasteiger charge is 2.21. The van der Waals surface area contributed by atoms with Crippen LogP contribution in [0.15, 0.2) is 22.7 Å². The molecule has 0 saturated carbocycles. The number of nitrogens with one attached hydrogen (secondary N) is 1. The van der Waals surface area contributed by atoms with E-state index in [-0.39, 0.29) is 11.7 Å². The molecule has 1 saturated heterocycles. The van der Waals surface area contributed by atoms with Crippen molar-refractivity contribution in [3.63, 3.8) is 0 Å². The van der Waals surface area contributed by atoms with Crippen molar-refractivity contribution < 1.29 is 9.18 Å². The SMILES string of the molecule is C[C@H]1C[C@H](C)CN(CCNC(=O)c2ccc(F)cc2Br)C1. The van der Waals surface area contributed by atoms with Crippen molar-refractivity contribution in [2.45, 2.75) is 20.3 Å². The van der Waals surface area contributed by atoms with E-state index < -0.39 is 0 Å². The fourth-order valence-corrected chi connectivity index (χ4v) is 3.60. The van der Waals surface area contributed by atoms with Crippen LogP contribution in [0.1, 0.15) is 30.6 Å². The lowest BCUT2D eigenvalue weighted by atomic mass is 9.92. The summed E-state index contributed by atoms with van der Waals surface area (Å²) in [6.07, 6.45) is 1.28. The van der Waals surface area contributed by atoms with Crippen molar-refractivity contribution in [3.05, 3.63) is 34.1 Å². The Morgan fingerprint density at radius 1 is 1.38 bits per heavy atom. The van der Waals surface area contributed by atoms with Crippen LogP contribution in [-0.4, -0.2) is 37.0 Å². The van der Waals surface area contributed by atoms with Crippen molar-refractivity contribution >= 4 is 21.8 Å². The third-order valence-electron chi connectivity index (χ3n) is 3.83. The van der Waals surface area contributed by atoms with Gasteiger partial charge in [0, 0.05) is 30.7 Å². The first kappa shape index (κ1) is 16.4. The summed E-state index contributed by atoms with van der Waals surface area (Å²) in [5.74, 6) is 0.918. The van der Waals surface area contributed by atoms with E-state index in [1.807, 2.05) is 0 Å². The Morgan fingerprint density at radius 2 is 2.05 bits per heavy atom. The number of carbonyl (C=O) groups excluding carboxylic acids is 1. The van der Waals surface area contributed by atoms with Crippen LogP contribution >= 0.6 is 15.9 Å². The van der Waals surface area contributed by atoms with Crippen molar-refractivity contribution in [2.75, 3.05) is 26.2 Å². The zero-order valence-electron chi connectivity index (χ0n) is 12.5. The first-order valence-electron chi connectivity index (χ1n) is 7.41. The van der Waals surface area contributed by atoms with Gasteiger partial charge in [-0.15, -0.1) is 0 Å². The molecule has 116 valence electrons. The number of piperidine rings is 1. The van der Waals surface area contributed by atoms with Gasteiger partial charge >= 0.3 is 0 Å². The minimum Gasteiger partial charge on any atom is -0.351 e. The monoisotopic (exact) mass is 356 g/mol. The van der Waals surface area contributed by atoms with Gasteiger partial charge < -0.3 is 10.2 Å². The molecule has 5 heteroatoms. The van der Waals surface area contributed by atoms with Crippen LogP contribution in [0.5, 0.6) is 0 Å². The zero-order valence-corrected chi connectivity index (χ0v) is 14.1. The lowest BCUT2D eigenvalue weighted by Gasteiger charge is -2.34. The molecule has 2 rings (SSSR count). The van der Waals surface area contributed by atoms with E-state index in [9.17, 15) is 9.18 Å². The smallest absolute Gasteiger partial charge is 0.252 e. The average Bonchev–Trinajstić information content (AvgIpc) is 2.37. The van der Waals surface area contributed by atoms with Crippen LogP contribution in [-0.2, 0) is 0 Å². The van der Waals surface area contributed by atoms with E-state index >= 15 is 0 Å². The minimum absolute atomic E-state index is 0.167. The molecular formula is C16H22BrFN2O. The van der Waals surface area contributed by atoms with E-state index in [1.165, 1.54) is 24.6 Å². The van der Waals surface area contributed by atoms with E-state index in [4.69, 9.17) is 0 Å². The van der Waals surface area contributed by atoms with Crippen molar-refractivity contribution in [1.82, 2.24) is 10.2 Å². The highest BCUT2D eigenvalue weighted by Crippen LogP contribution is 2.20. The Morgan fingerprint density at radius 3 is 2.67 bits per heavy atom. The summed E-state index contributed by atoms with van der Waals surface area (Å²) in [5, 5.41) is 2.90. The molecule has 1 aromatic rings. The number of carbonyl (C=O) groups is 1. The van der Waals surface area contributed by atoms with Crippen LogP contribution in [0.3, 0.4) is 0 Å². The van der Waals surface area contributed by atoms with E-state index in [0.717, 1.165) is 31.5 Å². The second-order valence-electron chi connectivity index (χ2n) is 6.09. The number of rotatable bonds is 4. The lowest BCUT2D eigenvalue weighted by Crippen LogP contribution is -2.42. The quantitative estimate of drug-likeness (QED) is 0.897. The van der Waals surface area contributed by atoms with Crippen LogP contribution in [0.4, 0.5) is 4.39 Å². The number of likely N-dealkylation sites (tertiary alicyclic amines) is 1. The molecule has 1 amide bonds. The van der Waals surface area contributed by atoms with Gasteiger partial charge in [0.05, 0.1) is 5.56 Å². The summed E-state index contributed by atoms with van der Waals surface area (Å²) in [6, 6.07) is 4.11. The average molecular weight is 357 g/mol. The number of hydrogen-bond donors (Lipinski definition) is 1. The summed E-state index contributed by atoms with van der Waals surface area (Å²) in [4.78, 5) is 14.5. The van der Waals surface area contributed by atoms with Gasteiger partial charge in [0.2, 0.25) is 0 Å². The molecule has 0 radical (unpaired) electrons. The Bertz CT molecular complexity index is 499. The molecule has 1 aromatic carbocycles. The summed E-state index contributed by atoms with van der Waals surface area (Å²) < 4.78 is 13.5. The van der Waals surface area contributed by atoms with E-state index in [1.54, 1.807) is 0 Å². The van der Waals surface area contributed by atoms with Gasteiger partial charge in [-0.2, -0.15) is 0 Å². The molecule has 1 N–H and O–H groups in total. The normalized spacial score (nSPS) is 23.0. The Labute approximate surface area is 134 Å². The molecule has 21 heavy (non-hydrogen) atoms. The molecule has 2 atom stereocenters. The summed E-state index contributed by atoms with van der Waals surface area (Å²) in [7, 11) is 0. The summed E-state index contributed by atoms with van der Waals surface area (Å²) >= 11 is 3.22. The molecule has 0 aromatic heterocycles. The van der Waals surface area contributed by atoms with Gasteiger partial charge in [-0.3, -0.25) is 4.79 Å². The van der Waals surface area contributed by atoms with Crippen LogP contribution in [0, 0.1) is 17.7 Å². The van der Waals surface area contributed by atoms with Crippen LogP contribution in [0.2, 0.25) is 0 Å². The van der Waals surface area contributed by atoms with Gasteiger partial charge in [-0.1, -0.05) is 13.8 Å². The minimum atomic E-state index is -0.352. The van der Waals surface area contributed by atoms with Crippen molar-refractivity contribution in [2.24, 2.45) is 11.8 Å². The topological polar surface area (TPSA) is 32.3 Å². The molecule has 1 aliphatic heterocycles. The predicted octanol–water partition coefficient (Wildman–Crippen LogP) is 3.30. The maximum atomic E-state index is 13.0. The number of hydrogen-bond acceptors (Lipinski definition) is 2. The van der Waals surface area contributed by atoms with Crippen molar-refractivity contribution in [3.8, 4) is 0 Å². The molecular weight excluding hydrogens is 335 g/mol. The fraction of sp³-hybridized carbons (Fsp3) is 0.562. The van der Waals surface area contributed by atoms with Crippen LogP contribution in [0.25, 0.3) is 0 Å². The molecule has 0 bridgehead atoms. The Kier molecular flexibility index (Phi) is 5.76. The van der Waals surface area contributed by atoms with E-state index in [0.29, 0.717) is 16.6 Å². The highest BCUT2D eigenvalue weighted by atomic mass is 79.9. The third kappa shape index (κ3) is 4.78. The first-order valence-corrected chi connectivity index (χ1v) is 8.20. The van der Waals surface area contributed by atoms with Gasteiger partial charge in [0.15, 0.2) is 0 Å².